The third-order valence-corrected chi connectivity index (χ3v) is 4.11. The van der Waals surface area contributed by atoms with Crippen LogP contribution >= 0.6 is 0 Å². The molecule has 1 aliphatic rings. The molecular formula is C16H26N4. The van der Waals surface area contributed by atoms with Crippen LogP contribution in [0.2, 0.25) is 0 Å². The number of nitrogens with zero attached hydrogens (tertiary/aromatic N) is 2. The van der Waals surface area contributed by atoms with E-state index in [0.717, 1.165) is 38.4 Å². The highest BCUT2D eigenvalue weighted by atomic mass is 15.2. The lowest BCUT2D eigenvalue weighted by atomic mass is 9.98. The maximum Gasteiger partial charge on any atom is 0.190 e. The van der Waals surface area contributed by atoms with Crippen molar-refractivity contribution in [3.05, 3.63) is 35.4 Å². The molecule has 1 aromatic rings. The topological polar surface area (TPSA) is 39.7 Å². The minimum absolute atomic E-state index is 0.549. The third-order valence-electron chi connectivity index (χ3n) is 4.11. The SMILES string of the molecule is CCC(CNC(=NC)NC)N1CCc2ccccc2C1. The summed E-state index contributed by atoms with van der Waals surface area (Å²) in [5.74, 6) is 0.862. The van der Waals surface area contributed by atoms with E-state index in [0.29, 0.717) is 6.04 Å². The Morgan fingerprint density at radius 1 is 1.35 bits per heavy atom. The van der Waals surface area contributed by atoms with Gasteiger partial charge in [-0.15, -0.1) is 0 Å². The predicted molar refractivity (Wildman–Crippen MR) is 85.1 cm³/mol. The van der Waals surface area contributed by atoms with E-state index in [-0.39, 0.29) is 0 Å². The molecule has 110 valence electrons. The molecular weight excluding hydrogens is 248 g/mol. The van der Waals surface area contributed by atoms with Crippen LogP contribution in [-0.4, -0.2) is 44.1 Å². The maximum atomic E-state index is 4.17. The summed E-state index contributed by atoms with van der Waals surface area (Å²) in [6.45, 7) is 5.41. The first kappa shape index (κ1) is 14.9. The van der Waals surface area contributed by atoms with Gasteiger partial charge < -0.3 is 10.6 Å². The van der Waals surface area contributed by atoms with Crippen LogP contribution in [-0.2, 0) is 13.0 Å². The lowest BCUT2D eigenvalue weighted by molar-refractivity contribution is 0.174. The van der Waals surface area contributed by atoms with Crippen LogP contribution < -0.4 is 10.6 Å². The molecule has 0 aromatic heterocycles. The van der Waals surface area contributed by atoms with Crippen molar-refractivity contribution in [2.24, 2.45) is 4.99 Å². The number of hydrogen-bond acceptors (Lipinski definition) is 2. The molecule has 1 atom stereocenters. The lowest BCUT2D eigenvalue weighted by Crippen LogP contribution is -2.47. The van der Waals surface area contributed by atoms with Crippen LogP contribution in [0.25, 0.3) is 0 Å². The van der Waals surface area contributed by atoms with Gasteiger partial charge in [0.1, 0.15) is 0 Å². The minimum Gasteiger partial charge on any atom is -0.359 e. The summed E-state index contributed by atoms with van der Waals surface area (Å²) in [6, 6.07) is 9.35. The fourth-order valence-electron chi connectivity index (χ4n) is 2.85. The van der Waals surface area contributed by atoms with Crippen LogP contribution in [0.5, 0.6) is 0 Å². The summed E-state index contributed by atoms with van der Waals surface area (Å²) in [5.41, 5.74) is 2.99. The number of rotatable bonds is 4. The summed E-state index contributed by atoms with van der Waals surface area (Å²) in [4.78, 5) is 6.75. The van der Waals surface area contributed by atoms with E-state index < -0.39 is 0 Å². The zero-order valence-corrected chi connectivity index (χ0v) is 12.8. The van der Waals surface area contributed by atoms with Crippen molar-refractivity contribution in [2.45, 2.75) is 32.4 Å². The molecule has 0 saturated heterocycles. The van der Waals surface area contributed by atoms with Crippen molar-refractivity contribution in [2.75, 3.05) is 27.2 Å². The summed E-state index contributed by atoms with van der Waals surface area (Å²) < 4.78 is 0. The van der Waals surface area contributed by atoms with Crippen molar-refractivity contribution in [3.8, 4) is 0 Å². The molecule has 0 fully saturated rings. The first-order valence-corrected chi connectivity index (χ1v) is 7.47. The Hall–Kier alpha value is -1.55. The Balaban J connectivity index is 1.96. The average Bonchev–Trinajstić information content (AvgIpc) is 2.51. The monoisotopic (exact) mass is 274 g/mol. The minimum atomic E-state index is 0.549. The van der Waals surface area contributed by atoms with E-state index >= 15 is 0 Å². The number of benzene rings is 1. The predicted octanol–water partition coefficient (Wildman–Crippen LogP) is 1.62. The molecule has 2 N–H and O–H groups in total. The zero-order chi connectivity index (χ0) is 14.4. The van der Waals surface area contributed by atoms with Crippen LogP contribution in [0.15, 0.2) is 29.3 Å². The number of guanidine groups is 1. The molecule has 1 aliphatic heterocycles. The van der Waals surface area contributed by atoms with E-state index in [1.807, 2.05) is 7.05 Å². The lowest BCUT2D eigenvalue weighted by Gasteiger charge is -2.35. The molecule has 4 nitrogen and oxygen atoms in total. The summed E-state index contributed by atoms with van der Waals surface area (Å²) >= 11 is 0. The normalized spacial score (nSPS) is 17.4. The van der Waals surface area contributed by atoms with E-state index in [1.54, 1.807) is 7.05 Å². The smallest absolute Gasteiger partial charge is 0.190 e. The highest BCUT2D eigenvalue weighted by Crippen LogP contribution is 2.20. The van der Waals surface area contributed by atoms with Crippen LogP contribution in [0.4, 0.5) is 0 Å². The second kappa shape index (κ2) is 7.29. The molecule has 20 heavy (non-hydrogen) atoms. The highest BCUT2D eigenvalue weighted by Gasteiger charge is 2.22. The van der Waals surface area contributed by atoms with Gasteiger partial charge in [-0.05, 0) is 24.0 Å². The Morgan fingerprint density at radius 2 is 2.10 bits per heavy atom. The molecule has 0 radical (unpaired) electrons. The number of nitrogens with one attached hydrogen (secondary N) is 2. The molecule has 2 rings (SSSR count). The maximum absolute atomic E-state index is 4.17. The van der Waals surface area contributed by atoms with Gasteiger partial charge in [0.15, 0.2) is 5.96 Å². The Bertz CT molecular complexity index is 456. The van der Waals surface area contributed by atoms with Crippen molar-refractivity contribution >= 4 is 5.96 Å². The van der Waals surface area contributed by atoms with Crippen molar-refractivity contribution in [1.29, 1.82) is 0 Å². The second-order valence-electron chi connectivity index (χ2n) is 5.25. The standard InChI is InChI=1S/C16H26N4/c1-4-15(11-19-16(17-2)18-3)20-10-9-13-7-5-6-8-14(13)12-20/h5-8,15H,4,9-12H2,1-3H3,(H2,17,18,19). The average molecular weight is 274 g/mol. The molecule has 4 heteroatoms. The second-order valence-corrected chi connectivity index (χ2v) is 5.25. The van der Waals surface area contributed by atoms with Crippen LogP contribution in [0.1, 0.15) is 24.5 Å². The number of hydrogen-bond donors (Lipinski definition) is 2. The van der Waals surface area contributed by atoms with Gasteiger partial charge in [0.05, 0.1) is 0 Å². The van der Waals surface area contributed by atoms with Crippen LogP contribution in [0, 0.1) is 0 Å². The van der Waals surface area contributed by atoms with Gasteiger partial charge in [-0.3, -0.25) is 9.89 Å². The number of fused-ring (bicyclic) bond motifs is 1. The van der Waals surface area contributed by atoms with E-state index in [4.69, 9.17) is 0 Å². The fourth-order valence-corrected chi connectivity index (χ4v) is 2.85. The summed E-state index contributed by atoms with van der Waals surface area (Å²) in [7, 11) is 3.70. The molecule has 1 unspecified atom stereocenters. The van der Waals surface area contributed by atoms with Crippen molar-refractivity contribution in [1.82, 2.24) is 15.5 Å². The largest absolute Gasteiger partial charge is 0.359 e. The zero-order valence-electron chi connectivity index (χ0n) is 12.8. The first-order valence-electron chi connectivity index (χ1n) is 7.47. The third kappa shape index (κ3) is 3.51. The molecule has 1 heterocycles. The molecule has 0 saturated carbocycles. The molecule has 1 aromatic carbocycles. The molecule has 0 spiro atoms. The van der Waals surface area contributed by atoms with Gasteiger partial charge in [-0.2, -0.15) is 0 Å². The van der Waals surface area contributed by atoms with Gasteiger partial charge in [0.25, 0.3) is 0 Å². The van der Waals surface area contributed by atoms with Gasteiger partial charge in [-0.1, -0.05) is 31.2 Å². The molecule has 0 amide bonds. The van der Waals surface area contributed by atoms with Gasteiger partial charge in [0, 0.05) is 39.8 Å². The van der Waals surface area contributed by atoms with E-state index in [9.17, 15) is 0 Å². The van der Waals surface area contributed by atoms with E-state index in [1.165, 1.54) is 11.1 Å². The Kier molecular flexibility index (Phi) is 5.41. The van der Waals surface area contributed by atoms with Gasteiger partial charge in [0.2, 0.25) is 0 Å². The van der Waals surface area contributed by atoms with Crippen molar-refractivity contribution < 1.29 is 0 Å². The van der Waals surface area contributed by atoms with Crippen LogP contribution in [0.3, 0.4) is 0 Å². The quantitative estimate of drug-likeness (QED) is 0.647. The Morgan fingerprint density at radius 3 is 2.75 bits per heavy atom. The van der Waals surface area contributed by atoms with E-state index in [2.05, 4.69) is 51.7 Å². The first-order chi connectivity index (χ1) is 9.78. The molecule has 0 aliphatic carbocycles. The number of aliphatic imine (C=N–C) groups is 1. The molecule has 0 bridgehead atoms. The summed E-state index contributed by atoms with van der Waals surface area (Å²) in [5, 5.41) is 6.46. The fraction of sp³-hybridized carbons (Fsp3) is 0.562. The van der Waals surface area contributed by atoms with Gasteiger partial charge >= 0.3 is 0 Å². The summed E-state index contributed by atoms with van der Waals surface area (Å²) in [6.07, 6.45) is 2.31. The van der Waals surface area contributed by atoms with Gasteiger partial charge in [-0.25, -0.2) is 0 Å². The Labute approximate surface area is 122 Å². The van der Waals surface area contributed by atoms with Crippen molar-refractivity contribution in [3.63, 3.8) is 0 Å². The highest BCUT2D eigenvalue weighted by molar-refractivity contribution is 5.79.